The Balaban J connectivity index is 1.33. The second-order valence-corrected chi connectivity index (χ2v) is 12.9. The smallest absolute Gasteiger partial charge is 0.248 e. The number of benzene rings is 1. The van der Waals surface area contributed by atoms with Crippen molar-refractivity contribution in [1.82, 2.24) is 24.2 Å². The molecule has 3 heterocycles. The van der Waals surface area contributed by atoms with Crippen LogP contribution in [0.1, 0.15) is 44.3 Å². The average molecular weight is 569 g/mol. The minimum Gasteiger partial charge on any atom is -0.328 e. The number of aromatic nitrogens is 3. The van der Waals surface area contributed by atoms with E-state index in [0.717, 1.165) is 25.7 Å². The van der Waals surface area contributed by atoms with Crippen molar-refractivity contribution >= 4 is 38.3 Å². The van der Waals surface area contributed by atoms with E-state index in [4.69, 9.17) is 0 Å². The van der Waals surface area contributed by atoms with E-state index in [9.17, 15) is 18.0 Å². The first-order valence-electron chi connectivity index (χ1n) is 13.2. The summed E-state index contributed by atoms with van der Waals surface area (Å²) < 4.78 is 28.3. The van der Waals surface area contributed by atoms with E-state index in [0.29, 0.717) is 34.6 Å². The van der Waals surface area contributed by atoms with Crippen molar-refractivity contribution in [2.75, 3.05) is 25.0 Å². The Labute approximate surface area is 232 Å². The maximum Gasteiger partial charge on any atom is 0.248 e. The number of sulfonamides is 1. The first-order valence-corrected chi connectivity index (χ1v) is 15.5. The number of hydrogen-bond acceptors (Lipinski definition) is 8. The molecule has 2 aromatic heterocycles. The maximum atomic E-state index is 13.6. The zero-order valence-electron chi connectivity index (χ0n) is 21.8. The fourth-order valence-electron chi connectivity index (χ4n) is 5.37. The summed E-state index contributed by atoms with van der Waals surface area (Å²) in [5, 5.41) is 5.12. The van der Waals surface area contributed by atoms with Gasteiger partial charge in [-0.25, -0.2) is 23.4 Å². The summed E-state index contributed by atoms with van der Waals surface area (Å²) in [7, 11) is -3.94. The number of aryl methyl sites for hydroxylation is 1. The number of hydrogen-bond donors (Lipinski definition) is 1. The molecule has 1 aliphatic heterocycles. The second kappa shape index (κ2) is 11.9. The first kappa shape index (κ1) is 27.4. The molecule has 2 amide bonds. The molecule has 5 rings (SSSR count). The Bertz CT molecular complexity index is 1420. The van der Waals surface area contributed by atoms with Crippen LogP contribution in [0.4, 0.5) is 5.13 Å². The van der Waals surface area contributed by atoms with Gasteiger partial charge in [-0.05, 0) is 37.5 Å². The number of amides is 2. The van der Waals surface area contributed by atoms with E-state index in [-0.39, 0.29) is 36.3 Å². The van der Waals surface area contributed by atoms with Crippen LogP contribution in [0.2, 0.25) is 0 Å². The highest BCUT2D eigenvalue weighted by Crippen LogP contribution is 2.31. The van der Waals surface area contributed by atoms with Gasteiger partial charge in [0.1, 0.15) is 11.9 Å². The van der Waals surface area contributed by atoms with Crippen LogP contribution in [-0.2, 0) is 19.6 Å². The number of nitrogens with one attached hydrogen (secondary N) is 1. The zero-order valence-corrected chi connectivity index (χ0v) is 23.5. The third-order valence-electron chi connectivity index (χ3n) is 7.39. The zero-order chi connectivity index (χ0) is 27.4. The van der Waals surface area contributed by atoms with Gasteiger partial charge in [0.2, 0.25) is 21.8 Å². The second-order valence-electron chi connectivity index (χ2n) is 10.0. The van der Waals surface area contributed by atoms with Crippen LogP contribution in [0, 0.1) is 12.8 Å². The molecule has 1 saturated carbocycles. The largest absolute Gasteiger partial charge is 0.328 e. The average Bonchev–Trinajstić information content (AvgIpc) is 3.45. The van der Waals surface area contributed by atoms with Crippen molar-refractivity contribution in [1.29, 1.82) is 0 Å². The number of nitrogens with zero attached hydrogens (tertiary/aromatic N) is 5. The molecule has 0 radical (unpaired) electrons. The van der Waals surface area contributed by atoms with Gasteiger partial charge in [0.05, 0.1) is 17.1 Å². The molecule has 206 valence electrons. The van der Waals surface area contributed by atoms with Crippen LogP contribution < -0.4 is 5.32 Å². The Morgan fingerprint density at radius 3 is 2.67 bits per heavy atom. The van der Waals surface area contributed by atoms with Gasteiger partial charge in [0, 0.05) is 36.4 Å². The third-order valence-corrected chi connectivity index (χ3v) is 9.92. The molecule has 1 aromatic carbocycles. The van der Waals surface area contributed by atoms with E-state index in [1.54, 1.807) is 53.9 Å². The summed E-state index contributed by atoms with van der Waals surface area (Å²) in [4.78, 5) is 41.0. The van der Waals surface area contributed by atoms with Crippen molar-refractivity contribution in [2.24, 2.45) is 5.92 Å². The monoisotopic (exact) mass is 568 g/mol. The molecule has 10 nitrogen and oxygen atoms in total. The van der Waals surface area contributed by atoms with Crippen molar-refractivity contribution < 1.29 is 18.0 Å². The van der Waals surface area contributed by atoms with Crippen molar-refractivity contribution in [3.8, 4) is 11.3 Å². The number of thiazole rings is 1. The molecule has 0 bridgehead atoms. The van der Waals surface area contributed by atoms with Crippen molar-refractivity contribution in [3.05, 3.63) is 53.9 Å². The molecule has 1 N–H and O–H groups in total. The molecular formula is C27H32N6O4S2. The molecular weight excluding hydrogens is 536 g/mol. The normalized spacial score (nSPS) is 18.2. The highest BCUT2D eigenvalue weighted by atomic mass is 32.2. The number of anilines is 1. The molecule has 1 atom stereocenters. The van der Waals surface area contributed by atoms with E-state index < -0.39 is 16.1 Å². The summed E-state index contributed by atoms with van der Waals surface area (Å²) in [5.41, 5.74) is 1.27. The van der Waals surface area contributed by atoms with Gasteiger partial charge in [-0.15, -0.1) is 11.3 Å². The highest BCUT2D eigenvalue weighted by molar-refractivity contribution is 7.89. The molecule has 12 heteroatoms. The summed E-state index contributed by atoms with van der Waals surface area (Å²) in [6.07, 6.45) is 9.32. The van der Waals surface area contributed by atoms with Crippen molar-refractivity contribution in [2.45, 2.75) is 56.4 Å². The topological polar surface area (TPSA) is 125 Å². The SMILES string of the molecule is Cc1nccc(-c2cccc(S(=O)(=O)N3CCN([C@@H](CC4CCCCC4)C(=O)Nc4nccs4)C(=O)C3)c2)n1. The molecule has 1 aliphatic carbocycles. The van der Waals surface area contributed by atoms with Gasteiger partial charge in [-0.3, -0.25) is 9.59 Å². The lowest BCUT2D eigenvalue weighted by Gasteiger charge is -2.39. The van der Waals surface area contributed by atoms with Gasteiger partial charge in [-0.2, -0.15) is 4.31 Å². The first-order chi connectivity index (χ1) is 18.8. The molecule has 3 aromatic rings. The lowest BCUT2D eigenvalue weighted by Crippen LogP contribution is -2.58. The van der Waals surface area contributed by atoms with Crippen LogP contribution in [-0.4, -0.2) is 70.1 Å². The predicted octanol–water partition coefficient (Wildman–Crippen LogP) is 3.72. The number of rotatable bonds is 8. The molecule has 1 saturated heterocycles. The number of carbonyl (C=O) groups excluding carboxylic acids is 2. The van der Waals surface area contributed by atoms with Crippen LogP contribution in [0.25, 0.3) is 11.3 Å². The van der Waals surface area contributed by atoms with Gasteiger partial charge in [0.25, 0.3) is 0 Å². The van der Waals surface area contributed by atoms with Gasteiger partial charge in [-0.1, -0.05) is 44.2 Å². The van der Waals surface area contributed by atoms with E-state index in [1.165, 1.54) is 28.1 Å². The minimum absolute atomic E-state index is 0.0952. The van der Waals surface area contributed by atoms with E-state index in [1.807, 2.05) is 0 Å². The number of carbonyl (C=O) groups is 2. The molecule has 39 heavy (non-hydrogen) atoms. The standard InChI is InChI=1S/C27H32N6O4S2/c1-19-28-11-10-23(30-19)21-8-5-9-22(17-21)39(36,37)32-13-14-33(25(34)18-32)24(16-20-6-3-2-4-7-20)26(35)31-27-29-12-15-38-27/h5,8-12,15,17,20,24H,2-4,6-7,13-14,16,18H2,1H3,(H,29,31,35)/t24-/m0/s1. The third kappa shape index (κ3) is 6.34. The van der Waals surface area contributed by atoms with E-state index >= 15 is 0 Å². The lowest BCUT2D eigenvalue weighted by molar-refractivity contribution is -0.142. The van der Waals surface area contributed by atoms with Gasteiger partial charge < -0.3 is 10.2 Å². The Kier molecular flexibility index (Phi) is 8.34. The highest BCUT2D eigenvalue weighted by Gasteiger charge is 2.39. The summed E-state index contributed by atoms with van der Waals surface area (Å²) in [6.45, 7) is 1.71. The minimum atomic E-state index is -3.94. The van der Waals surface area contributed by atoms with Crippen molar-refractivity contribution in [3.63, 3.8) is 0 Å². The Morgan fingerprint density at radius 2 is 1.95 bits per heavy atom. The molecule has 0 spiro atoms. The van der Waals surface area contributed by atoms with Crippen LogP contribution in [0.15, 0.2) is 53.0 Å². The Hall–Kier alpha value is -3.22. The fraction of sp³-hybridized carbons (Fsp3) is 0.444. The van der Waals surface area contributed by atoms with E-state index in [2.05, 4.69) is 20.3 Å². The van der Waals surface area contributed by atoms with Crippen LogP contribution in [0.3, 0.4) is 0 Å². The molecule has 0 unspecified atom stereocenters. The Morgan fingerprint density at radius 1 is 1.13 bits per heavy atom. The maximum absolute atomic E-state index is 13.6. The fourth-order valence-corrected chi connectivity index (χ4v) is 7.33. The van der Waals surface area contributed by atoms with Gasteiger partial charge in [0.15, 0.2) is 5.13 Å². The van der Waals surface area contributed by atoms with Crippen LogP contribution in [0.5, 0.6) is 0 Å². The lowest BCUT2D eigenvalue weighted by atomic mass is 9.84. The predicted molar refractivity (Wildman–Crippen MR) is 148 cm³/mol. The summed E-state index contributed by atoms with van der Waals surface area (Å²) in [5.74, 6) is 0.299. The summed E-state index contributed by atoms with van der Waals surface area (Å²) >= 11 is 1.32. The number of piperazine rings is 1. The quantitative estimate of drug-likeness (QED) is 0.439. The van der Waals surface area contributed by atoms with Gasteiger partial charge >= 0.3 is 0 Å². The molecule has 2 aliphatic rings. The molecule has 2 fully saturated rings. The van der Waals surface area contributed by atoms with Crippen LogP contribution >= 0.6 is 11.3 Å². The summed E-state index contributed by atoms with van der Waals surface area (Å²) in [6, 6.07) is 7.61.